The Kier molecular flexibility index (Phi) is 2.74. The quantitative estimate of drug-likeness (QED) is 0.835. The molecule has 1 aromatic carbocycles. The van der Waals surface area contributed by atoms with E-state index >= 15 is 0 Å². The predicted molar refractivity (Wildman–Crippen MR) is 60.9 cm³/mol. The maximum Gasteiger partial charge on any atom is 0.153 e. The minimum atomic E-state index is 0.866. The second kappa shape index (κ2) is 4.19. The molecular weight excluding hydrogens is 194 g/mol. The first kappa shape index (κ1) is 9.15. The minimum Gasteiger partial charge on any atom is -0.339 e. The number of anilines is 2. The van der Waals surface area contributed by atoms with Crippen molar-refractivity contribution >= 4 is 23.5 Å². The molecule has 1 aromatic heterocycles. The molecular formula is C10H11N3S. The molecule has 0 atom stereocenters. The van der Waals surface area contributed by atoms with E-state index in [1.54, 1.807) is 11.9 Å². The monoisotopic (exact) mass is 205 g/mol. The van der Waals surface area contributed by atoms with Crippen LogP contribution in [0, 0.1) is 0 Å². The Labute approximate surface area is 87.3 Å². The van der Waals surface area contributed by atoms with E-state index in [4.69, 9.17) is 0 Å². The lowest BCUT2D eigenvalue weighted by Gasteiger charge is -2.00. The molecule has 0 bridgehead atoms. The van der Waals surface area contributed by atoms with Crippen molar-refractivity contribution in [1.29, 1.82) is 0 Å². The number of nitrogens with one attached hydrogen (secondary N) is 1. The van der Waals surface area contributed by atoms with Crippen LogP contribution in [0.5, 0.6) is 0 Å². The summed E-state index contributed by atoms with van der Waals surface area (Å²) in [6.45, 7) is 0. The third-order valence-electron chi connectivity index (χ3n) is 1.80. The van der Waals surface area contributed by atoms with Gasteiger partial charge in [-0.3, -0.25) is 0 Å². The van der Waals surface area contributed by atoms with Gasteiger partial charge in [0.2, 0.25) is 0 Å². The standard InChI is InChI=1S/C10H11N3S/c1-14-13-8-7-10(12-13)11-9-5-3-2-4-6-9/h2-8H,1H3,(H,11,12). The van der Waals surface area contributed by atoms with Crippen molar-refractivity contribution in [3.63, 3.8) is 0 Å². The second-order valence-corrected chi connectivity index (χ2v) is 3.52. The van der Waals surface area contributed by atoms with Crippen LogP contribution < -0.4 is 5.32 Å². The summed E-state index contributed by atoms with van der Waals surface area (Å²) >= 11 is 1.57. The fraction of sp³-hybridized carbons (Fsp3) is 0.100. The fourth-order valence-corrected chi connectivity index (χ4v) is 1.50. The smallest absolute Gasteiger partial charge is 0.153 e. The molecule has 0 amide bonds. The highest BCUT2D eigenvalue weighted by Gasteiger charge is 1.97. The summed E-state index contributed by atoms with van der Waals surface area (Å²) in [6, 6.07) is 12.0. The normalized spacial score (nSPS) is 10.1. The van der Waals surface area contributed by atoms with E-state index < -0.39 is 0 Å². The molecule has 2 aromatic rings. The minimum absolute atomic E-state index is 0.866. The van der Waals surface area contributed by atoms with Crippen molar-refractivity contribution in [2.45, 2.75) is 0 Å². The predicted octanol–water partition coefficient (Wildman–Crippen LogP) is 2.75. The molecule has 0 saturated heterocycles. The molecule has 0 spiro atoms. The van der Waals surface area contributed by atoms with Crippen LogP contribution in [0.3, 0.4) is 0 Å². The summed E-state index contributed by atoms with van der Waals surface area (Å²) in [5.74, 6) is 0.866. The van der Waals surface area contributed by atoms with Crippen molar-refractivity contribution in [2.24, 2.45) is 0 Å². The van der Waals surface area contributed by atoms with Crippen LogP contribution in [0.25, 0.3) is 0 Å². The largest absolute Gasteiger partial charge is 0.339 e. The van der Waals surface area contributed by atoms with Gasteiger partial charge in [0.15, 0.2) is 5.82 Å². The first-order chi connectivity index (χ1) is 6.88. The summed E-state index contributed by atoms with van der Waals surface area (Å²) in [5.41, 5.74) is 1.05. The van der Waals surface area contributed by atoms with Crippen molar-refractivity contribution in [2.75, 3.05) is 11.6 Å². The zero-order valence-electron chi connectivity index (χ0n) is 7.84. The van der Waals surface area contributed by atoms with Crippen LogP contribution in [-0.2, 0) is 0 Å². The van der Waals surface area contributed by atoms with Crippen molar-refractivity contribution in [3.8, 4) is 0 Å². The van der Waals surface area contributed by atoms with Gasteiger partial charge in [0.1, 0.15) is 0 Å². The molecule has 72 valence electrons. The Bertz CT molecular complexity index is 397. The average Bonchev–Trinajstić information content (AvgIpc) is 2.67. The Balaban J connectivity index is 2.11. The van der Waals surface area contributed by atoms with E-state index in [9.17, 15) is 0 Å². The SMILES string of the molecule is CSn1ccc(Nc2ccccc2)n1. The lowest BCUT2D eigenvalue weighted by Crippen LogP contribution is -1.92. The molecule has 0 aliphatic carbocycles. The van der Waals surface area contributed by atoms with Crippen LogP contribution in [0.15, 0.2) is 42.6 Å². The van der Waals surface area contributed by atoms with Crippen LogP contribution in [0.4, 0.5) is 11.5 Å². The molecule has 0 aliphatic heterocycles. The number of para-hydroxylation sites is 1. The van der Waals surface area contributed by atoms with Crippen LogP contribution in [0.1, 0.15) is 0 Å². The first-order valence-corrected chi connectivity index (χ1v) is 5.49. The molecule has 1 heterocycles. The molecule has 0 radical (unpaired) electrons. The maximum absolute atomic E-state index is 4.29. The Morgan fingerprint density at radius 2 is 2.00 bits per heavy atom. The lowest BCUT2D eigenvalue weighted by atomic mass is 10.3. The zero-order valence-corrected chi connectivity index (χ0v) is 8.66. The third-order valence-corrected chi connectivity index (χ3v) is 2.38. The number of benzene rings is 1. The second-order valence-electron chi connectivity index (χ2n) is 2.78. The van der Waals surface area contributed by atoms with Gasteiger partial charge in [-0.05, 0) is 24.1 Å². The van der Waals surface area contributed by atoms with Crippen molar-refractivity contribution in [1.82, 2.24) is 9.19 Å². The van der Waals surface area contributed by atoms with Gasteiger partial charge in [0, 0.05) is 24.2 Å². The summed E-state index contributed by atoms with van der Waals surface area (Å²) in [4.78, 5) is 0. The van der Waals surface area contributed by atoms with Crippen LogP contribution in [0.2, 0.25) is 0 Å². The summed E-state index contributed by atoms with van der Waals surface area (Å²) in [6.07, 6.45) is 3.91. The number of hydrogen-bond donors (Lipinski definition) is 1. The van der Waals surface area contributed by atoms with E-state index in [1.165, 1.54) is 0 Å². The van der Waals surface area contributed by atoms with E-state index in [0.29, 0.717) is 0 Å². The summed E-state index contributed by atoms with van der Waals surface area (Å²) < 4.78 is 1.81. The zero-order chi connectivity index (χ0) is 9.80. The van der Waals surface area contributed by atoms with Gasteiger partial charge in [0.25, 0.3) is 0 Å². The van der Waals surface area contributed by atoms with Gasteiger partial charge in [-0.1, -0.05) is 18.2 Å². The molecule has 14 heavy (non-hydrogen) atoms. The summed E-state index contributed by atoms with van der Waals surface area (Å²) in [5, 5.41) is 7.51. The lowest BCUT2D eigenvalue weighted by molar-refractivity contribution is 1.02. The molecule has 2 rings (SSSR count). The summed E-state index contributed by atoms with van der Waals surface area (Å²) in [7, 11) is 0. The van der Waals surface area contributed by atoms with Gasteiger partial charge < -0.3 is 5.32 Å². The van der Waals surface area contributed by atoms with Gasteiger partial charge in [-0.2, -0.15) is 0 Å². The molecule has 0 aliphatic rings. The average molecular weight is 205 g/mol. The molecule has 0 unspecified atom stereocenters. The molecule has 3 nitrogen and oxygen atoms in total. The number of nitrogens with zero attached hydrogens (tertiary/aromatic N) is 2. The molecule has 0 fully saturated rings. The van der Waals surface area contributed by atoms with Crippen molar-refractivity contribution < 1.29 is 0 Å². The van der Waals surface area contributed by atoms with E-state index in [0.717, 1.165) is 11.5 Å². The topological polar surface area (TPSA) is 29.9 Å². The fourth-order valence-electron chi connectivity index (χ4n) is 1.14. The van der Waals surface area contributed by atoms with E-state index in [-0.39, 0.29) is 0 Å². The Hall–Kier alpha value is -1.42. The highest BCUT2D eigenvalue weighted by molar-refractivity contribution is 7.97. The first-order valence-electron chi connectivity index (χ1n) is 4.31. The molecule has 4 heteroatoms. The van der Waals surface area contributed by atoms with E-state index in [1.807, 2.05) is 52.9 Å². The number of aromatic nitrogens is 2. The van der Waals surface area contributed by atoms with Gasteiger partial charge in [-0.25, -0.2) is 4.09 Å². The van der Waals surface area contributed by atoms with Crippen LogP contribution in [-0.4, -0.2) is 15.4 Å². The molecule has 1 N–H and O–H groups in total. The molecule has 0 saturated carbocycles. The maximum atomic E-state index is 4.29. The Morgan fingerprint density at radius 1 is 1.21 bits per heavy atom. The van der Waals surface area contributed by atoms with Crippen LogP contribution >= 0.6 is 11.9 Å². The highest BCUT2D eigenvalue weighted by atomic mass is 32.2. The third kappa shape index (κ3) is 2.09. The van der Waals surface area contributed by atoms with Gasteiger partial charge >= 0.3 is 0 Å². The van der Waals surface area contributed by atoms with Gasteiger partial charge in [-0.15, -0.1) is 5.10 Å². The van der Waals surface area contributed by atoms with E-state index in [2.05, 4.69) is 10.4 Å². The van der Waals surface area contributed by atoms with Crippen molar-refractivity contribution in [3.05, 3.63) is 42.6 Å². The van der Waals surface area contributed by atoms with Gasteiger partial charge in [0.05, 0.1) is 0 Å². The Morgan fingerprint density at radius 3 is 2.64 bits per heavy atom. The number of hydrogen-bond acceptors (Lipinski definition) is 3. The highest BCUT2D eigenvalue weighted by Crippen LogP contribution is 2.14. The number of rotatable bonds is 3.